The number of carbonyl (C=O) groups excluding carboxylic acids is 1. The molecule has 1 unspecified atom stereocenters. The highest BCUT2D eigenvalue weighted by Gasteiger charge is 2.20. The second kappa shape index (κ2) is 7.88. The zero-order chi connectivity index (χ0) is 20.4. The van der Waals surface area contributed by atoms with Gasteiger partial charge in [0.25, 0.3) is 5.91 Å². The fraction of sp³-hybridized carbons (Fsp3) is 0.100. The van der Waals surface area contributed by atoms with Gasteiger partial charge in [-0.25, -0.2) is 13.8 Å². The fourth-order valence-corrected chi connectivity index (χ4v) is 3.44. The van der Waals surface area contributed by atoms with Crippen molar-refractivity contribution in [2.75, 3.05) is 0 Å². The summed E-state index contributed by atoms with van der Waals surface area (Å²) in [5.74, 6) is -0.657. The third-order valence-corrected chi connectivity index (χ3v) is 5.13. The Bertz CT molecular complexity index is 1160. The van der Waals surface area contributed by atoms with Crippen molar-refractivity contribution in [3.63, 3.8) is 0 Å². The first-order chi connectivity index (χ1) is 14.0. The molecule has 2 aromatic heterocycles. The third-order valence-electron chi connectivity index (χ3n) is 4.10. The molecule has 0 saturated heterocycles. The van der Waals surface area contributed by atoms with Crippen LogP contribution in [-0.4, -0.2) is 21.0 Å². The zero-order valence-corrected chi connectivity index (χ0v) is 15.9. The molecule has 2 heterocycles. The molecule has 0 radical (unpaired) electrons. The van der Waals surface area contributed by atoms with E-state index in [2.05, 4.69) is 20.4 Å². The molecular formula is C20H14F2N4O2S. The van der Waals surface area contributed by atoms with Gasteiger partial charge in [0.15, 0.2) is 0 Å². The average molecular weight is 412 g/mol. The van der Waals surface area contributed by atoms with Crippen molar-refractivity contribution in [2.45, 2.75) is 13.0 Å². The lowest BCUT2D eigenvalue weighted by atomic mass is 10.2. The molecule has 4 aromatic rings. The van der Waals surface area contributed by atoms with Crippen LogP contribution in [0, 0.1) is 11.6 Å². The number of aromatic nitrogens is 3. The summed E-state index contributed by atoms with van der Waals surface area (Å²) in [7, 11) is 0. The van der Waals surface area contributed by atoms with E-state index in [1.165, 1.54) is 36.5 Å². The van der Waals surface area contributed by atoms with Crippen LogP contribution in [-0.2, 0) is 0 Å². The van der Waals surface area contributed by atoms with Crippen molar-refractivity contribution in [2.24, 2.45) is 0 Å². The van der Waals surface area contributed by atoms with Crippen molar-refractivity contribution in [3.05, 3.63) is 77.1 Å². The SMILES string of the molecule is CC(NC(=O)c1cnc(-c2ccccc2F)s1)c1nc(-c2ccc(F)cc2)no1. The largest absolute Gasteiger partial charge is 0.340 e. The van der Waals surface area contributed by atoms with Crippen LogP contribution in [0.5, 0.6) is 0 Å². The summed E-state index contributed by atoms with van der Waals surface area (Å²) >= 11 is 1.08. The van der Waals surface area contributed by atoms with Crippen LogP contribution < -0.4 is 5.32 Å². The Morgan fingerprint density at radius 2 is 1.90 bits per heavy atom. The summed E-state index contributed by atoms with van der Waals surface area (Å²) in [6.45, 7) is 1.69. The fourth-order valence-electron chi connectivity index (χ4n) is 2.60. The van der Waals surface area contributed by atoms with E-state index in [1.54, 1.807) is 25.1 Å². The molecule has 29 heavy (non-hydrogen) atoms. The monoisotopic (exact) mass is 412 g/mol. The molecule has 0 bridgehead atoms. The summed E-state index contributed by atoms with van der Waals surface area (Å²) in [5.41, 5.74) is 0.933. The number of carbonyl (C=O) groups is 1. The lowest BCUT2D eigenvalue weighted by molar-refractivity contribution is 0.0936. The highest BCUT2D eigenvalue weighted by Crippen LogP contribution is 2.27. The molecule has 0 aliphatic heterocycles. The topological polar surface area (TPSA) is 80.9 Å². The third kappa shape index (κ3) is 4.04. The first kappa shape index (κ1) is 18.9. The van der Waals surface area contributed by atoms with E-state index in [1.807, 2.05) is 0 Å². The summed E-state index contributed by atoms with van der Waals surface area (Å²) in [4.78, 5) is 21.2. The highest BCUT2D eigenvalue weighted by molar-refractivity contribution is 7.16. The van der Waals surface area contributed by atoms with Gasteiger partial charge in [-0.2, -0.15) is 4.98 Å². The number of amides is 1. The van der Waals surface area contributed by atoms with Gasteiger partial charge in [0.05, 0.1) is 6.20 Å². The zero-order valence-electron chi connectivity index (χ0n) is 15.1. The van der Waals surface area contributed by atoms with Gasteiger partial charge < -0.3 is 9.84 Å². The van der Waals surface area contributed by atoms with E-state index in [0.717, 1.165) is 11.3 Å². The molecule has 1 amide bonds. The van der Waals surface area contributed by atoms with E-state index in [9.17, 15) is 13.6 Å². The van der Waals surface area contributed by atoms with E-state index >= 15 is 0 Å². The molecule has 0 spiro atoms. The van der Waals surface area contributed by atoms with Crippen LogP contribution in [0.4, 0.5) is 8.78 Å². The molecule has 9 heteroatoms. The summed E-state index contributed by atoms with van der Waals surface area (Å²) in [6.07, 6.45) is 1.40. The Morgan fingerprint density at radius 1 is 1.14 bits per heavy atom. The summed E-state index contributed by atoms with van der Waals surface area (Å²) in [5, 5.41) is 7.02. The molecule has 6 nitrogen and oxygen atoms in total. The average Bonchev–Trinajstić information content (AvgIpc) is 3.39. The number of halogens is 2. The predicted octanol–water partition coefficient (Wildman–Crippen LogP) is 4.63. The van der Waals surface area contributed by atoms with Crippen molar-refractivity contribution in [3.8, 4) is 22.0 Å². The Labute approximate surface area is 168 Å². The molecule has 0 aliphatic carbocycles. The van der Waals surface area contributed by atoms with Gasteiger partial charge in [0.1, 0.15) is 27.6 Å². The van der Waals surface area contributed by atoms with Crippen LogP contribution in [0.15, 0.2) is 59.3 Å². The molecule has 0 aliphatic rings. The lowest BCUT2D eigenvalue weighted by Gasteiger charge is -2.07. The number of hydrogen-bond acceptors (Lipinski definition) is 6. The van der Waals surface area contributed by atoms with E-state index in [0.29, 0.717) is 26.8 Å². The molecule has 1 N–H and O–H groups in total. The Kier molecular flexibility index (Phi) is 5.13. The maximum absolute atomic E-state index is 13.9. The van der Waals surface area contributed by atoms with Gasteiger partial charge >= 0.3 is 0 Å². The van der Waals surface area contributed by atoms with Gasteiger partial charge in [0.2, 0.25) is 11.7 Å². The molecule has 2 aromatic carbocycles. The molecule has 0 fully saturated rings. The second-order valence-electron chi connectivity index (χ2n) is 6.17. The maximum atomic E-state index is 13.9. The summed E-state index contributed by atoms with van der Waals surface area (Å²) in [6, 6.07) is 11.3. The van der Waals surface area contributed by atoms with Gasteiger partial charge in [-0.05, 0) is 43.3 Å². The van der Waals surface area contributed by atoms with Crippen LogP contribution in [0.3, 0.4) is 0 Å². The first-order valence-corrected chi connectivity index (χ1v) is 9.44. The maximum Gasteiger partial charge on any atom is 0.263 e. The number of nitrogens with zero attached hydrogens (tertiary/aromatic N) is 3. The van der Waals surface area contributed by atoms with Gasteiger partial charge in [-0.1, -0.05) is 17.3 Å². The molecule has 0 saturated carbocycles. The minimum absolute atomic E-state index is 0.205. The van der Waals surface area contributed by atoms with Gasteiger partial charge in [0, 0.05) is 11.1 Å². The highest BCUT2D eigenvalue weighted by atomic mass is 32.1. The summed E-state index contributed by atoms with van der Waals surface area (Å²) < 4.78 is 32.1. The van der Waals surface area contributed by atoms with Gasteiger partial charge in [-0.3, -0.25) is 4.79 Å². The van der Waals surface area contributed by atoms with Crippen molar-refractivity contribution >= 4 is 17.2 Å². The smallest absolute Gasteiger partial charge is 0.263 e. The lowest BCUT2D eigenvalue weighted by Crippen LogP contribution is -2.26. The number of thiazole rings is 1. The Morgan fingerprint density at radius 3 is 2.66 bits per heavy atom. The van der Waals surface area contributed by atoms with E-state index in [-0.39, 0.29) is 17.6 Å². The minimum atomic E-state index is -0.566. The van der Waals surface area contributed by atoms with Crippen LogP contribution in [0.25, 0.3) is 22.0 Å². The molecule has 1 atom stereocenters. The predicted molar refractivity (Wildman–Crippen MR) is 103 cm³/mol. The van der Waals surface area contributed by atoms with Gasteiger partial charge in [-0.15, -0.1) is 11.3 Å². The van der Waals surface area contributed by atoms with Crippen LogP contribution >= 0.6 is 11.3 Å². The second-order valence-corrected chi connectivity index (χ2v) is 7.20. The normalized spacial score (nSPS) is 12.0. The first-order valence-electron chi connectivity index (χ1n) is 8.62. The quantitative estimate of drug-likeness (QED) is 0.517. The Balaban J connectivity index is 1.46. The standard InChI is InChI=1S/C20H14F2N4O2S/c1-11(19-25-17(26-28-19)12-6-8-13(21)9-7-12)24-18(27)16-10-23-20(29-16)14-4-2-3-5-15(14)22/h2-11H,1H3,(H,24,27). The van der Waals surface area contributed by atoms with E-state index < -0.39 is 11.9 Å². The minimum Gasteiger partial charge on any atom is -0.340 e. The molecule has 4 rings (SSSR count). The number of benzene rings is 2. The van der Waals surface area contributed by atoms with Crippen LogP contribution in [0.2, 0.25) is 0 Å². The molecular weight excluding hydrogens is 398 g/mol. The Hall–Kier alpha value is -3.46. The molecule has 146 valence electrons. The number of hydrogen-bond donors (Lipinski definition) is 1. The number of rotatable bonds is 5. The van der Waals surface area contributed by atoms with Crippen LogP contribution in [0.1, 0.15) is 28.5 Å². The van der Waals surface area contributed by atoms with Crippen molar-refractivity contribution in [1.82, 2.24) is 20.4 Å². The van der Waals surface area contributed by atoms with E-state index in [4.69, 9.17) is 4.52 Å². The number of nitrogens with one attached hydrogen (secondary N) is 1. The van der Waals surface area contributed by atoms with Crippen molar-refractivity contribution < 1.29 is 18.1 Å². The van der Waals surface area contributed by atoms with Crippen molar-refractivity contribution in [1.29, 1.82) is 0 Å².